The van der Waals surface area contributed by atoms with E-state index in [2.05, 4.69) is 25.1 Å². The van der Waals surface area contributed by atoms with Crippen molar-refractivity contribution in [3.63, 3.8) is 0 Å². The zero-order valence-electron chi connectivity index (χ0n) is 13.6. The predicted octanol–water partition coefficient (Wildman–Crippen LogP) is 1.90. The molecule has 1 saturated heterocycles. The fourth-order valence-corrected chi connectivity index (χ4v) is 3.08. The summed E-state index contributed by atoms with van der Waals surface area (Å²) in [4.78, 5) is 11.3. The Hall–Kier alpha value is -1.76. The van der Waals surface area contributed by atoms with Crippen LogP contribution in [-0.4, -0.2) is 42.4 Å². The first-order chi connectivity index (χ1) is 10.7. The second-order valence-electron chi connectivity index (χ2n) is 5.97. The minimum absolute atomic E-state index is 0.450. The van der Waals surface area contributed by atoms with Crippen LogP contribution in [0.3, 0.4) is 0 Å². The largest absolute Gasteiger partial charge is 0.338 e. The number of hydrogen-bond acceptors (Lipinski definition) is 6. The topological polar surface area (TPSA) is 72.9 Å². The highest BCUT2D eigenvalue weighted by Gasteiger charge is 2.25. The van der Waals surface area contributed by atoms with Gasteiger partial charge >= 0.3 is 0 Å². The van der Waals surface area contributed by atoms with Gasteiger partial charge in [-0.3, -0.25) is 4.90 Å². The molecule has 0 N–H and O–H groups in total. The number of rotatable bonds is 5. The molecular formula is C15H24N6O. The molecular weight excluding hydrogens is 280 g/mol. The van der Waals surface area contributed by atoms with Crippen LogP contribution in [0, 0.1) is 13.8 Å². The SMILES string of the molecule is CCc1noc(CN2CCCCC2Cn2nc(C)nc2C)n1. The third-order valence-electron chi connectivity index (χ3n) is 4.26. The molecule has 1 atom stereocenters. The minimum Gasteiger partial charge on any atom is -0.338 e. The molecule has 1 aliphatic heterocycles. The van der Waals surface area contributed by atoms with E-state index in [4.69, 9.17) is 4.52 Å². The van der Waals surface area contributed by atoms with Crippen LogP contribution in [0.5, 0.6) is 0 Å². The van der Waals surface area contributed by atoms with Crippen LogP contribution in [0.15, 0.2) is 4.52 Å². The molecule has 3 heterocycles. The average molecular weight is 304 g/mol. The maximum atomic E-state index is 5.35. The first kappa shape index (κ1) is 15.1. The van der Waals surface area contributed by atoms with Crippen LogP contribution in [0.25, 0.3) is 0 Å². The van der Waals surface area contributed by atoms with Gasteiger partial charge < -0.3 is 4.52 Å². The van der Waals surface area contributed by atoms with E-state index >= 15 is 0 Å². The van der Waals surface area contributed by atoms with E-state index in [1.165, 1.54) is 19.3 Å². The van der Waals surface area contributed by atoms with Crippen LogP contribution in [0.4, 0.5) is 0 Å². The molecule has 0 amide bonds. The van der Waals surface area contributed by atoms with Crippen molar-refractivity contribution in [2.75, 3.05) is 6.54 Å². The molecule has 2 aromatic heterocycles. The Labute approximate surface area is 130 Å². The highest BCUT2D eigenvalue weighted by atomic mass is 16.5. The van der Waals surface area contributed by atoms with Gasteiger partial charge in [0.25, 0.3) is 0 Å². The summed E-state index contributed by atoms with van der Waals surface area (Å²) in [5.41, 5.74) is 0. The molecule has 7 nitrogen and oxygen atoms in total. The molecule has 2 aromatic rings. The zero-order valence-corrected chi connectivity index (χ0v) is 13.6. The number of hydrogen-bond donors (Lipinski definition) is 0. The van der Waals surface area contributed by atoms with E-state index in [0.29, 0.717) is 6.04 Å². The van der Waals surface area contributed by atoms with Crippen LogP contribution < -0.4 is 0 Å². The molecule has 7 heteroatoms. The van der Waals surface area contributed by atoms with Crippen molar-refractivity contribution >= 4 is 0 Å². The van der Waals surface area contributed by atoms with Crippen molar-refractivity contribution in [2.45, 2.75) is 65.6 Å². The van der Waals surface area contributed by atoms with Crippen molar-refractivity contribution < 1.29 is 4.52 Å². The summed E-state index contributed by atoms with van der Waals surface area (Å²) in [6, 6.07) is 0.450. The van der Waals surface area contributed by atoms with Gasteiger partial charge in [-0.25, -0.2) is 9.67 Å². The first-order valence-corrected chi connectivity index (χ1v) is 8.09. The normalized spacial score (nSPS) is 19.7. The third-order valence-corrected chi connectivity index (χ3v) is 4.26. The zero-order chi connectivity index (χ0) is 15.5. The van der Waals surface area contributed by atoms with E-state index in [0.717, 1.165) is 49.4 Å². The van der Waals surface area contributed by atoms with Gasteiger partial charge in [-0.05, 0) is 33.2 Å². The standard InChI is InChI=1S/C15H24N6O/c1-4-14-17-15(22-19-14)10-20-8-6-5-7-13(20)9-21-12(3)16-11(2)18-21/h13H,4-10H2,1-3H3. The Morgan fingerprint density at radius 1 is 1.23 bits per heavy atom. The number of aryl methyl sites for hydroxylation is 3. The third kappa shape index (κ3) is 3.35. The first-order valence-electron chi connectivity index (χ1n) is 8.09. The number of piperidine rings is 1. The summed E-state index contributed by atoms with van der Waals surface area (Å²) in [6.45, 7) is 8.66. The number of nitrogens with zero attached hydrogens (tertiary/aromatic N) is 6. The molecule has 1 fully saturated rings. The highest BCUT2D eigenvalue weighted by Crippen LogP contribution is 2.21. The Morgan fingerprint density at radius 2 is 2.09 bits per heavy atom. The summed E-state index contributed by atoms with van der Waals surface area (Å²) in [7, 11) is 0. The van der Waals surface area contributed by atoms with Gasteiger partial charge in [0.05, 0.1) is 13.1 Å². The van der Waals surface area contributed by atoms with Gasteiger partial charge in [0.2, 0.25) is 5.89 Å². The fourth-order valence-electron chi connectivity index (χ4n) is 3.08. The molecule has 0 aromatic carbocycles. The van der Waals surface area contributed by atoms with Gasteiger partial charge in [0, 0.05) is 12.5 Å². The van der Waals surface area contributed by atoms with Crippen molar-refractivity contribution in [1.29, 1.82) is 0 Å². The van der Waals surface area contributed by atoms with Crippen LogP contribution in [-0.2, 0) is 19.5 Å². The van der Waals surface area contributed by atoms with Gasteiger partial charge in [-0.15, -0.1) is 0 Å². The van der Waals surface area contributed by atoms with Crippen LogP contribution in [0.2, 0.25) is 0 Å². The molecule has 3 rings (SSSR count). The Balaban J connectivity index is 1.69. The van der Waals surface area contributed by atoms with E-state index in [1.54, 1.807) is 0 Å². The minimum atomic E-state index is 0.450. The maximum Gasteiger partial charge on any atom is 0.240 e. The molecule has 22 heavy (non-hydrogen) atoms. The Kier molecular flexibility index (Phi) is 4.52. The lowest BCUT2D eigenvalue weighted by molar-refractivity contribution is 0.107. The monoisotopic (exact) mass is 304 g/mol. The van der Waals surface area contributed by atoms with Crippen LogP contribution >= 0.6 is 0 Å². The lowest BCUT2D eigenvalue weighted by atomic mass is 10.0. The second-order valence-corrected chi connectivity index (χ2v) is 5.97. The Bertz CT molecular complexity index is 619. The molecule has 0 bridgehead atoms. The van der Waals surface area contributed by atoms with E-state index in [1.807, 2.05) is 25.5 Å². The maximum absolute atomic E-state index is 5.35. The van der Waals surface area contributed by atoms with Gasteiger partial charge in [0.1, 0.15) is 11.6 Å². The molecule has 0 saturated carbocycles. The van der Waals surface area contributed by atoms with Crippen molar-refractivity contribution in [3.05, 3.63) is 23.4 Å². The molecule has 1 aliphatic rings. The molecule has 0 aliphatic carbocycles. The average Bonchev–Trinajstić information content (AvgIpc) is 3.08. The Morgan fingerprint density at radius 3 is 2.77 bits per heavy atom. The van der Waals surface area contributed by atoms with Crippen molar-refractivity contribution in [2.24, 2.45) is 0 Å². The van der Waals surface area contributed by atoms with Gasteiger partial charge in [-0.2, -0.15) is 10.1 Å². The number of aromatic nitrogens is 5. The fraction of sp³-hybridized carbons (Fsp3) is 0.733. The smallest absolute Gasteiger partial charge is 0.240 e. The quantitative estimate of drug-likeness (QED) is 0.840. The number of likely N-dealkylation sites (tertiary alicyclic amines) is 1. The summed E-state index contributed by atoms with van der Waals surface area (Å²) >= 11 is 0. The van der Waals surface area contributed by atoms with E-state index < -0.39 is 0 Å². The molecule has 120 valence electrons. The van der Waals surface area contributed by atoms with Crippen molar-refractivity contribution in [3.8, 4) is 0 Å². The van der Waals surface area contributed by atoms with Crippen molar-refractivity contribution in [1.82, 2.24) is 29.8 Å². The summed E-state index contributed by atoms with van der Waals surface area (Å²) in [6.07, 6.45) is 4.47. The lowest BCUT2D eigenvalue weighted by Crippen LogP contribution is -2.42. The molecule has 1 unspecified atom stereocenters. The lowest BCUT2D eigenvalue weighted by Gasteiger charge is -2.34. The summed E-state index contributed by atoms with van der Waals surface area (Å²) in [5, 5.41) is 8.48. The van der Waals surface area contributed by atoms with Gasteiger partial charge in [-0.1, -0.05) is 18.5 Å². The van der Waals surface area contributed by atoms with E-state index in [-0.39, 0.29) is 0 Å². The van der Waals surface area contributed by atoms with Gasteiger partial charge in [0.15, 0.2) is 5.82 Å². The summed E-state index contributed by atoms with van der Waals surface area (Å²) in [5.74, 6) is 3.32. The highest BCUT2D eigenvalue weighted by molar-refractivity contribution is 4.91. The van der Waals surface area contributed by atoms with E-state index in [9.17, 15) is 0 Å². The predicted molar refractivity (Wildman–Crippen MR) is 81.2 cm³/mol. The summed E-state index contributed by atoms with van der Waals surface area (Å²) < 4.78 is 7.36. The molecule has 0 radical (unpaired) electrons. The second kappa shape index (κ2) is 6.56. The van der Waals surface area contributed by atoms with Crippen LogP contribution in [0.1, 0.15) is 49.6 Å². The molecule has 0 spiro atoms.